The highest BCUT2D eigenvalue weighted by Gasteiger charge is 2.64. The molecule has 4 aromatic rings. The Hall–Kier alpha value is -4.37. The summed E-state index contributed by atoms with van der Waals surface area (Å²) in [7, 11) is 5.02. The molecule has 1 spiro atoms. The van der Waals surface area contributed by atoms with Crippen molar-refractivity contribution in [3.05, 3.63) is 72.1 Å². The van der Waals surface area contributed by atoms with Crippen LogP contribution >= 0.6 is 0 Å². The second-order valence-corrected chi connectivity index (χ2v) is 13.2. The first-order valence-corrected chi connectivity index (χ1v) is 14.9. The molecule has 1 aliphatic heterocycles. The van der Waals surface area contributed by atoms with Crippen LogP contribution in [0.5, 0.6) is 5.75 Å². The second-order valence-electron chi connectivity index (χ2n) is 13.2. The van der Waals surface area contributed by atoms with Crippen LogP contribution in [-0.2, 0) is 16.5 Å². The molecule has 0 radical (unpaired) electrons. The van der Waals surface area contributed by atoms with Gasteiger partial charge in [-0.2, -0.15) is 0 Å². The Morgan fingerprint density at radius 3 is 2.39 bits per heavy atom. The van der Waals surface area contributed by atoms with Gasteiger partial charge in [-0.15, -0.1) is 0 Å². The summed E-state index contributed by atoms with van der Waals surface area (Å²) in [6.07, 6.45) is 0.904. The van der Waals surface area contributed by atoms with E-state index in [4.69, 9.17) is 19.2 Å². The molecule has 9 nitrogen and oxygen atoms in total. The molecule has 1 aliphatic carbocycles. The van der Waals surface area contributed by atoms with Gasteiger partial charge in [-0.25, -0.2) is 14.6 Å². The number of likely N-dealkylation sites (tertiary alicyclic amines) is 1. The van der Waals surface area contributed by atoms with E-state index in [1.54, 1.807) is 24.1 Å². The maximum atomic E-state index is 12.2. The van der Waals surface area contributed by atoms with Gasteiger partial charge >= 0.3 is 12.1 Å². The van der Waals surface area contributed by atoms with Crippen molar-refractivity contribution in [1.82, 2.24) is 14.5 Å². The maximum Gasteiger partial charge on any atom is 0.407 e. The van der Waals surface area contributed by atoms with E-state index in [9.17, 15) is 14.7 Å². The highest BCUT2D eigenvalue weighted by Crippen LogP contribution is 2.63. The summed E-state index contributed by atoms with van der Waals surface area (Å²) in [5.74, 6) is 1.44. The molecule has 1 saturated carbocycles. The average Bonchev–Trinajstić information content (AvgIpc) is 3.29. The molecule has 1 aromatic heterocycles. The number of carbonyl (C=O) groups excluding carboxylic acids is 1. The third-order valence-corrected chi connectivity index (χ3v) is 9.26. The highest BCUT2D eigenvalue weighted by molar-refractivity contribution is 6.00. The largest absolute Gasteiger partial charge is 0.468 e. The fourth-order valence-electron chi connectivity index (χ4n) is 7.72. The topological polar surface area (TPSA) is 103 Å². The van der Waals surface area contributed by atoms with Crippen LogP contribution in [0.4, 0.5) is 4.79 Å². The van der Waals surface area contributed by atoms with E-state index in [1.807, 2.05) is 36.4 Å². The molecule has 6 rings (SSSR count). The number of imidazole rings is 1. The maximum absolute atomic E-state index is 12.2. The fraction of sp³-hybridized carbons (Fsp3) is 0.400. The molecule has 44 heavy (non-hydrogen) atoms. The summed E-state index contributed by atoms with van der Waals surface area (Å²) in [4.78, 5) is 31.0. The van der Waals surface area contributed by atoms with Gasteiger partial charge in [-0.05, 0) is 53.3 Å². The van der Waals surface area contributed by atoms with Crippen molar-refractivity contribution in [2.45, 2.75) is 45.6 Å². The van der Waals surface area contributed by atoms with Crippen LogP contribution in [0.25, 0.3) is 33.3 Å². The summed E-state index contributed by atoms with van der Waals surface area (Å²) in [5, 5.41) is 11.9. The Morgan fingerprint density at radius 2 is 1.75 bits per heavy atom. The number of fused-ring (bicyclic) bond motifs is 1. The van der Waals surface area contributed by atoms with Crippen molar-refractivity contribution in [2.24, 2.45) is 17.9 Å². The van der Waals surface area contributed by atoms with Crippen molar-refractivity contribution in [2.75, 3.05) is 27.6 Å². The minimum Gasteiger partial charge on any atom is -0.468 e. The number of hydrogen-bond acceptors (Lipinski definition) is 6. The first-order chi connectivity index (χ1) is 21.0. The zero-order valence-corrected chi connectivity index (χ0v) is 26.1. The van der Waals surface area contributed by atoms with Crippen molar-refractivity contribution >= 4 is 22.8 Å². The summed E-state index contributed by atoms with van der Waals surface area (Å²) in [6.45, 7) is 7.06. The van der Waals surface area contributed by atoms with Gasteiger partial charge in [0.2, 0.25) is 0 Å². The van der Waals surface area contributed by atoms with Crippen molar-refractivity contribution in [3.63, 3.8) is 0 Å². The van der Waals surface area contributed by atoms with Gasteiger partial charge in [0.15, 0.2) is 6.79 Å². The molecule has 1 amide bonds. The molecular formula is C35H39N3O6. The van der Waals surface area contributed by atoms with Crippen molar-refractivity contribution < 1.29 is 28.9 Å². The van der Waals surface area contributed by atoms with Crippen LogP contribution in [0.3, 0.4) is 0 Å². The van der Waals surface area contributed by atoms with Crippen molar-refractivity contribution in [1.29, 1.82) is 0 Å². The number of benzene rings is 3. The Morgan fingerprint density at radius 1 is 1.05 bits per heavy atom. The summed E-state index contributed by atoms with van der Waals surface area (Å²) in [5.41, 5.74) is 3.87. The first-order valence-electron chi connectivity index (χ1n) is 14.9. The van der Waals surface area contributed by atoms with Crippen LogP contribution in [-0.4, -0.2) is 65.2 Å². The summed E-state index contributed by atoms with van der Waals surface area (Å²) >= 11 is 0. The van der Waals surface area contributed by atoms with E-state index in [1.165, 1.54) is 7.11 Å². The number of methoxy groups -OCH3 is 2. The molecular weight excluding hydrogens is 558 g/mol. The fourth-order valence-corrected chi connectivity index (χ4v) is 7.72. The van der Waals surface area contributed by atoms with Gasteiger partial charge in [0.1, 0.15) is 11.6 Å². The highest BCUT2D eigenvalue weighted by atomic mass is 16.7. The number of nitrogens with zero attached hydrogens (tertiary/aromatic N) is 3. The minimum atomic E-state index is -0.849. The van der Waals surface area contributed by atoms with Gasteiger partial charge in [-0.1, -0.05) is 57.2 Å². The standard InChI is InChI=1S/C35H39N3O6/c1-34(2,3)32-35(19-38(32)33(40)41)17-24(18-35)30-36-28(21-11-13-22(14-12-21)31(39)43-6)29(37(30)4)27-16-25(44-20-42-5)15-23-9-7-8-10-26(23)27/h7-16,24,32H,17-20H2,1-6H3,(H,40,41). The zero-order chi connectivity index (χ0) is 31.4. The Labute approximate surface area is 257 Å². The second kappa shape index (κ2) is 11.0. The van der Waals surface area contributed by atoms with Crippen LogP contribution in [0.2, 0.25) is 0 Å². The van der Waals surface area contributed by atoms with E-state index >= 15 is 0 Å². The lowest BCUT2D eigenvalue weighted by Crippen LogP contribution is -2.73. The smallest absolute Gasteiger partial charge is 0.407 e. The molecule has 0 bridgehead atoms. The Kier molecular flexibility index (Phi) is 7.40. The summed E-state index contributed by atoms with van der Waals surface area (Å²) < 4.78 is 18.2. The molecule has 230 valence electrons. The SMILES string of the molecule is COCOc1cc(-c2c(-c3ccc(C(=O)OC)cc3)nc(C3CC4(C3)CN(C(=O)O)C4C(C)(C)C)n2C)c2ccccc2c1. The lowest BCUT2D eigenvalue weighted by molar-refractivity contribution is -0.159. The van der Waals surface area contributed by atoms with E-state index in [2.05, 4.69) is 44.5 Å². The molecule has 9 heteroatoms. The van der Waals surface area contributed by atoms with E-state index in [-0.39, 0.29) is 29.6 Å². The lowest BCUT2D eigenvalue weighted by atomic mass is 9.48. The summed E-state index contributed by atoms with van der Waals surface area (Å²) in [6, 6.07) is 19.5. The van der Waals surface area contributed by atoms with Crippen LogP contribution in [0.1, 0.15) is 55.7 Å². The third-order valence-electron chi connectivity index (χ3n) is 9.26. The normalized spacial score (nSPS) is 21.2. The van der Waals surface area contributed by atoms with E-state index in [0.29, 0.717) is 17.9 Å². The average molecular weight is 598 g/mol. The van der Waals surface area contributed by atoms with Crippen LogP contribution < -0.4 is 4.74 Å². The Bertz CT molecular complexity index is 1730. The van der Waals surface area contributed by atoms with E-state index in [0.717, 1.165) is 52.0 Å². The monoisotopic (exact) mass is 597 g/mol. The Balaban J connectivity index is 1.46. The van der Waals surface area contributed by atoms with Crippen LogP contribution in [0, 0.1) is 10.8 Å². The van der Waals surface area contributed by atoms with Gasteiger partial charge < -0.3 is 28.8 Å². The quantitative estimate of drug-likeness (QED) is 0.182. The number of aromatic nitrogens is 2. The molecule has 3 aromatic carbocycles. The number of amides is 1. The molecule has 2 fully saturated rings. The van der Waals surface area contributed by atoms with Gasteiger partial charge in [-0.3, -0.25) is 0 Å². The number of carbonyl (C=O) groups is 2. The number of ether oxygens (including phenoxy) is 3. The number of esters is 1. The molecule has 2 heterocycles. The predicted octanol–water partition coefficient (Wildman–Crippen LogP) is 6.95. The van der Waals surface area contributed by atoms with Gasteiger partial charge in [0, 0.05) is 49.2 Å². The van der Waals surface area contributed by atoms with Crippen LogP contribution in [0.15, 0.2) is 60.7 Å². The molecule has 2 aliphatic rings. The van der Waals surface area contributed by atoms with Crippen molar-refractivity contribution in [3.8, 4) is 28.3 Å². The molecule has 1 unspecified atom stereocenters. The lowest BCUT2D eigenvalue weighted by Gasteiger charge is -2.67. The number of rotatable bonds is 7. The predicted molar refractivity (Wildman–Crippen MR) is 168 cm³/mol. The number of hydrogen-bond donors (Lipinski definition) is 1. The van der Waals surface area contributed by atoms with Gasteiger partial charge in [0.05, 0.1) is 24.1 Å². The van der Waals surface area contributed by atoms with E-state index < -0.39 is 12.1 Å². The van der Waals surface area contributed by atoms with Gasteiger partial charge in [0.25, 0.3) is 0 Å². The third kappa shape index (κ3) is 4.89. The molecule has 1 N–H and O–H groups in total. The number of carboxylic acid groups (broad SMARTS) is 1. The first kappa shape index (κ1) is 29.7. The molecule has 1 atom stereocenters. The zero-order valence-electron chi connectivity index (χ0n) is 26.1. The minimum absolute atomic E-state index is 0.0348. The molecule has 1 saturated heterocycles.